The number of H-pyrrole nitrogens is 1. The summed E-state index contributed by atoms with van der Waals surface area (Å²) in [5, 5.41) is 44.9. The van der Waals surface area contributed by atoms with Crippen molar-refractivity contribution in [3.05, 3.63) is 18.2 Å². The van der Waals surface area contributed by atoms with Crippen LogP contribution in [-0.4, -0.2) is 135 Å². The van der Waals surface area contributed by atoms with Crippen LogP contribution in [0.25, 0.3) is 0 Å². The van der Waals surface area contributed by atoms with Gasteiger partial charge in [-0.15, -0.1) is 0 Å². The molecule has 0 aromatic carbocycles. The van der Waals surface area contributed by atoms with E-state index in [1.165, 1.54) is 6.33 Å². The molecule has 1 fully saturated rings. The highest BCUT2D eigenvalue weighted by Gasteiger charge is 2.36. The molecule has 55 heavy (non-hydrogen) atoms. The summed E-state index contributed by atoms with van der Waals surface area (Å²) in [5.74, 6) is -6.84. The summed E-state index contributed by atoms with van der Waals surface area (Å²) in [6.45, 7) is 6.58. The molecule has 21 nitrogen and oxygen atoms in total. The Bertz CT molecular complexity index is 1480. The van der Waals surface area contributed by atoms with Crippen molar-refractivity contribution in [1.29, 1.82) is 5.41 Å². The van der Waals surface area contributed by atoms with Crippen molar-refractivity contribution in [3.63, 3.8) is 0 Å². The van der Waals surface area contributed by atoms with E-state index in [0.717, 1.165) is 11.8 Å². The number of carbonyl (C=O) groups excluding carboxylic acids is 6. The predicted molar refractivity (Wildman–Crippen MR) is 202 cm³/mol. The maximum absolute atomic E-state index is 13.9. The second-order valence-corrected chi connectivity index (χ2v) is 14.7. The van der Waals surface area contributed by atoms with Crippen LogP contribution in [0.5, 0.6) is 0 Å². The van der Waals surface area contributed by atoms with E-state index in [1.807, 2.05) is 6.92 Å². The molecule has 2 heterocycles. The topological polar surface area (TPSA) is 349 Å². The lowest BCUT2D eigenvalue weighted by Gasteiger charge is -2.29. The number of rotatable bonds is 18. The average molecular weight is 797 g/mol. The fourth-order valence-electron chi connectivity index (χ4n) is 5.40. The number of hydrogen-bond acceptors (Lipinski definition) is 12. The Morgan fingerprint density at radius 2 is 1.73 bits per heavy atom. The Kier molecular flexibility index (Phi) is 19.4. The monoisotopic (exact) mass is 796 g/mol. The number of nitrogens with one attached hydrogen (secondary N) is 9. The number of aromatic nitrogens is 2. The number of nitrogens with zero attached hydrogens (tertiary/aromatic N) is 1. The molecule has 6 amide bonds. The normalized spacial score (nSPS) is 21.8. The summed E-state index contributed by atoms with van der Waals surface area (Å²) in [4.78, 5) is 99.1. The number of aliphatic carboxylic acids is 1. The first-order valence-electron chi connectivity index (χ1n) is 18.0. The van der Waals surface area contributed by atoms with E-state index in [-0.39, 0.29) is 43.3 Å². The molecule has 1 aromatic heterocycles. The Balaban J connectivity index is 2.34. The van der Waals surface area contributed by atoms with Crippen molar-refractivity contribution in [2.75, 3.05) is 24.7 Å². The minimum Gasteiger partial charge on any atom is -0.481 e. The van der Waals surface area contributed by atoms with Crippen LogP contribution in [0.4, 0.5) is 0 Å². The predicted octanol–water partition coefficient (Wildman–Crippen LogP) is -3.63. The lowest BCUT2D eigenvalue weighted by atomic mass is 9.97. The molecule has 308 valence electrons. The van der Waals surface area contributed by atoms with Gasteiger partial charge in [-0.2, -0.15) is 11.8 Å². The molecule has 1 saturated heterocycles. The van der Waals surface area contributed by atoms with Crippen molar-refractivity contribution in [2.24, 2.45) is 23.3 Å². The zero-order valence-corrected chi connectivity index (χ0v) is 32.3. The third-order valence-corrected chi connectivity index (χ3v) is 10.0. The zero-order valence-electron chi connectivity index (χ0n) is 31.5. The van der Waals surface area contributed by atoms with Gasteiger partial charge in [0.2, 0.25) is 35.4 Å². The van der Waals surface area contributed by atoms with Crippen LogP contribution in [-0.2, 0) is 40.0 Å². The van der Waals surface area contributed by atoms with Crippen LogP contribution in [0, 0.1) is 17.2 Å². The van der Waals surface area contributed by atoms with Crippen LogP contribution in [0.2, 0.25) is 0 Å². The first kappa shape index (κ1) is 46.2. The van der Waals surface area contributed by atoms with E-state index in [1.54, 1.807) is 27.0 Å². The van der Waals surface area contributed by atoms with Gasteiger partial charge in [0.1, 0.15) is 30.2 Å². The van der Waals surface area contributed by atoms with Crippen LogP contribution in [0.1, 0.15) is 59.1 Å². The number of imidazole rings is 1. The highest BCUT2D eigenvalue weighted by molar-refractivity contribution is 7.99. The lowest BCUT2D eigenvalue weighted by molar-refractivity contribution is -0.140. The molecule has 0 saturated carbocycles. The van der Waals surface area contributed by atoms with E-state index in [2.05, 4.69) is 47.2 Å². The summed E-state index contributed by atoms with van der Waals surface area (Å²) in [6.07, 6.45) is 3.05. The van der Waals surface area contributed by atoms with Crippen LogP contribution in [0.3, 0.4) is 0 Å². The standard InChI is InChI=1S/C33H56N12O9S/c1-5-17(4)26-32(54)42-22(9-18-11-37-15-39-18)29(51)40-19(12-46)13-55-14-23(30(52)45-26)43-31(53)25(16(2)3)44-28(50)21(7-6-8-38-33(35)36)41-27(49)20(34)10-24(47)48/h11,15-17,19-23,25-26,46H,5-10,12-14,34H2,1-4H3,(H,37,39)(H,40,51)(H,41,49)(H,42,54)(H,43,53)(H,44,50)(H,45,52)(H,47,48)(H4,35,36,38). The molecule has 8 atom stereocenters. The Morgan fingerprint density at radius 3 is 2.31 bits per heavy atom. The number of amides is 6. The van der Waals surface area contributed by atoms with Gasteiger partial charge in [0, 0.05) is 30.7 Å². The Labute approximate surface area is 323 Å². The minimum absolute atomic E-state index is 0.00403. The van der Waals surface area contributed by atoms with Crippen LogP contribution < -0.4 is 48.7 Å². The van der Waals surface area contributed by atoms with Crippen molar-refractivity contribution >= 4 is 59.1 Å². The van der Waals surface area contributed by atoms with Crippen LogP contribution in [0.15, 0.2) is 12.5 Å². The van der Waals surface area contributed by atoms with E-state index < -0.39 is 109 Å². The largest absolute Gasteiger partial charge is 0.481 e. The number of carbonyl (C=O) groups is 7. The summed E-state index contributed by atoms with van der Waals surface area (Å²) < 4.78 is 0. The molecule has 1 aliphatic rings. The van der Waals surface area contributed by atoms with Gasteiger partial charge < -0.3 is 63.9 Å². The SMILES string of the molecule is CCC(C)C1NC(=O)C(NC(=O)C(NC(=O)C(CCCNC(=N)N)NC(=O)C(N)CC(=O)O)C(C)C)CSCC(CO)NC(=O)C(Cc2c[nH]cn2)NC1=O. The van der Waals surface area contributed by atoms with E-state index in [9.17, 15) is 38.7 Å². The summed E-state index contributed by atoms with van der Waals surface area (Å²) in [7, 11) is 0. The van der Waals surface area contributed by atoms with Gasteiger partial charge in [-0.05, 0) is 24.7 Å². The molecule has 0 aliphatic carbocycles. The number of aliphatic hydroxyl groups is 1. The third-order valence-electron chi connectivity index (χ3n) is 8.79. The van der Waals surface area contributed by atoms with E-state index in [0.29, 0.717) is 12.1 Å². The van der Waals surface area contributed by atoms with E-state index in [4.69, 9.17) is 22.0 Å². The number of aromatic amines is 1. The number of carboxylic acids is 1. The number of aliphatic hydroxyl groups excluding tert-OH is 1. The molecule has 0 bridgehead atoms. The number of nitrogens with two attached hydrogens (primary N) is 2. The maximum atomic E-state index is 13.9. The highest BCUT2D eigenvalue weighted by Crippen LogP contribution is 2.14. The fraction of sp³-hybridized carbons (Fsp3) is 0.667. The molecule has 15 N–H and O–H groups in total. The van der Waals surface area contributed by atoms with Gasteiger partial charge in [0.05, 0.1) is 37.1 Å². The van der Waals surface area contributed by atoms with Crippen molar-refractivity contribution in [2.45, 2.75) is 102 Å². The molecule has 1 aromatic rings. The van der Waals surface area contributed by atoms with Gasteiger partial charge in [0.15, 0.2) is 5.96 Å². The first-order chi connectivity index (χ1) is 26.0. The molecular weight excluding hydrogens is 741 g/mol. The molecule has 0 spiro atoms. The second-order valence-electron chi connectivity index (χ2n) is 13.7. The molecule has 2 rings (SSSR count). The number of hydrogen-bond donors (Lipinski definition) is 13. The minimum atomic E-state index is -1.46. The summed E-state index contributed by atoms with van der Waals surface area (Å²) in [6, 6.07) is -8.18. The number of carboxylic acid groups (broad SMARTS) is 1. The van der Waals surface area contributed by atoms with Gasteiger partial charge in [-0.3, -0.25) is 39.0 Å². The van der Waals surface area contributed by atoms with Gasteiger partial charge in [-0.25, -0.2) is 4.98 Å². The van der Waals surface area contributed by atoms with Gasteiger partial charge in [0.25, 0.3) is 0 Å². The highest BCUT2D eigenvalue weighted by atomic mass is 32.2. The molecule has 0 radical (unpaired) electrons. The first-order valence-corrected chi connectivity index (χ1v) is 19.2. The molecule has 22 heteroatoms. The third kappa shape index (κ3) is 15.7. The smallest absolute Gasteiger partial charge is 0.305 e. The quantitative estimate of drug-likeness (QED) is 0.0388. The zero-order chi connectivity index (χ0) is 41.2. The van der Waals surface area contributed by atoms with Crippen molar-refractivity contribution in [3.8, 4) is 0 Å². The van der Waals surface area contributed by atoms with Crippen LogP contribution >= 0.6 is 11.8 Å². The number of thioether (sulfide) groups is 1. The van der Waals surface area contributed by atoms with Gasteiger partial charge in [-0.1, -0.05) is 34.1 Å². The summed E-state index contributed by atoms with van der Waals surface area (Å²) in [5.41, 5.74) is 11.5. The lowest BCUT2D eigenvalue weighted by Crippen LogP contribution is -2.61. The summed E-state index contributed by atoms with van der Waals surface area (Å²) >= 11 is 1.16. The Morgan fingerprint density at radius 1 is 1.02 bits per heavy atom. The fourth-order valence-corrected chi connectivity index (χ4v) is 6.48. The van der Waals surface area contributed by atoms with Crippen molar-refractivity contribution < 1.29 is 43.8 Å². The molecule has 1 aliphatic heterocycles. The average Bonchev–Trinajstić information content (AvgIpc) is 3.64. The van der Waals surface area contributed by atoms with Gasteiger partial charge >= 0.3 is 5.97 Å². The molecular formula is C33H56N12O9S. The second kappa shape index (κ2) is 23.1. The Hall–Kier alpha value is -4.96. The van der Waals surface area contributed by atoms with Crippen molar-refractivity contribution in [1.82, 2.24) is 47.2 Å². The maximum Gasteiger partial charge on any atom is 0.305 e. The number of guanidine groups is 1. The van der Waals surface area contributed by atoms with E-state index >= 15 is 0 Å². The molecule has 8 unspecified atom stereocenters.